The molecule has 0 radical (unpaired) electrons. The van der Waals surface area contributed by atoms with Gasteiger partial charge in [0.05, 0.1) is 13.2 Å². The average Bonchev–Trinajstić information content (AvgIpc) is 2.93. The molecular weight excluding hydrogens is 226 g/mol. The molecule has 3 heteroatoms. The first-order chi connectivity index (χ1) is 8.73. The highest BCUT2D eigenvalue weighted by atomic mass is 16.5. The molecule has 2 saturated heterocycles. The van der Waals surface area contributed by atoms with Crippen molar-refractivity contribution in [3.05, 3.63) is 35.1 Å². The van der Waals surface area contributed by atoms with Gasteiger partial charge in [-0.2, -0.15) is 0 Å². The maximum atomic E-state index is 6.04. The highest BCUT2D eigenvalue weighted by Crippen LogP contribution is 2.39. The SMILES string of the molecule is CCOC1=CC(C23CNC(CO2)C3)=CCC=C1C. The smallest absolute Gasteiger partial charge is 0.122 e. The summed E-state index contributed by atoms with van der Waals surface area (Å²) in [5, 5.41) is 3.52. The van der Waals surface area contributed by atoms with Crippen LogP contribution in [0.15, 0.2) is 35.1 Å². The summed E-state index contributed by atoms with van der Waals surface area (Å²) in [7, 11) is 0. The molecule has 2 atom stereocenters. The molecule has 0 saturated carbocycles. The van der Waals surface area contributed by atoms with E-state index in [2.05, 4.69) is 30.5 Å². The zero-order chi connectivity index (χ0) is 12.6. The van der Waals surface area contributed by atoms with Crippen LogP contribution in [-0.4, -0.2) is 31.4 Å². The lowest BCUT2D eigenvalue weighted by Gasteiger charge is -2.28. The van der Waals surface area contributed by atoms with Crippen molar-refractivity contribution in [1.82, 2.24) is 5.32 Å². The van der Waals surface area contributed by atoms with Crippen molar-refractivity contribution in [2.75, 3.05) is 19.8 Å². The van der Waals surface area contributed by atoms with Gasteiger partial charge in [0.15, 0.2) is 0 Å². The number of hydrogen-bond acceptors (Lipinski definition) is 3. The van der Waals surface area contributed by atoms with Crippen LogP contribution >= 0.6 is 0 Å². The fourth-order valence-electron chi connectivity index (χ4n) is 3.05. The summed E-state index contributed by atoms with van der Waals surface area (Å²) in [6.07, 6.45) is 8.74. The molecule has 98 valence electrons. The topological polar surface area (TPSA) is 30.5 Å². The quantitative estimate of drug-likeness (QED) is 0.830. The van der Waals surface area contributed by atoms with E-state index in [1.54, 1.807) is 0 Å². The van der Waals surface area contributed by atoms with Gasteiger partial charge in [-0.05, 0) is 43.9 Å². The van der Waals surface area contributed by atoms with Crippen LogP contribution in [0.1, 0.15) is 26.7 Å². The zero-order valence-corrected chi connectivity index (χ0v) is 11.2. The van der Waals surface area contributed by atoms with Crippen LogP contribution < -0.4 is 5.32 Å². The van der Waals surface area contributed by atoms with Gasteiger partial charge in [-0.25, -0.2) is 0 Å². The van der Waals surface area contributed by atoms with Crippen molar-refractivity contribution < 1.29 is 9.47 Å². The summed E-state index contributed by atoms with van der Waals surface area (Å²) in [5.41, 5.74) is 2.40. The maximum absolute atomic E-state index is 6.04. The van der Waals surface area contributed by atoms with Gasteiger partial charge in [-0.3, -0.25) is 0 Å². The largest absolute Gasteiger partial charge is 0.494 e. The van der Waals surface area contributed by atoms with E-state index in [0.717, 1.165) is 31.8 Å². The molecule has 0 spiro atoms. The van der Waals surface area contributed by atoms with E-state index in [9.17, 15) is 0 Å². The monoisotopic (exact) mass is 247 g/mol. The zero-order valence-electron chi connectivity index (χ0n) is 11.2. The maximum Gasteiger partial charge on any atom is 0.122 e. The Morgan fingerprint density at radius 1 is 1.50 bits per heavy atom. The molecule has 18 heavy (non-hydrogen) atoms. The Labute approximate surface area is 109 Å². The third-order valence-corrected chi connectivity index (χ3v) is 4.08. The summed E-state index contributed by atoms with van der Waals surface area (Å²) in [4.78, 5) is 0. The molecule has 2 heterocycles. The molecule has 3 rings (SSSR count). The fourth-order valence-corrected chi connectivity index (χ4v) is 3.05. The van der Waals surface area contributed by atoms with Gasteiger partial charge in [0.2, 0.25) is 0 Å². The molecule has 0 amide bonds. The molecule has 2 fully saturated rings. The van der Waals surface area contributed by atoms with E-state index in [1.807, 2.05) is 6.92 Å². The Morgan fingerprint density at radius 2 is 2.39 bits per heavy atom. The minimum atomic E-state index is -0.106. The lowest BCUT2D eigenvalue weighted by atomic mass is 9.91. The van der Waals surface area contributed by atoms with Crippen molar-refractivity contribution in [2.45, 2.75) is 38.3 Å². The summed E-state index contributed by atoms with van der Waals surface area (Å²) in [5.74, 6) is 0.995. The Bertz CT molecular complexity index is 426. The molecule has 3 aliphatic rings. The van der Waals surface area contributed by atoms with Crippen LogP contribution in [-0.2, 0) is 9.47 Å². The fraction of sp³-hybridized carbons (Fsp3) is 0.600. The van der Waals surface area contributed by atoms with Gasteiger partial charge in [0.1, 0.15) is 11.4 Å². The molecule has 1 N–H and O–H groups in total. The molecular formula is C15H21NO2. The number of rotatable bonds is 3. The second-order valence-corrected chi connectivity index (χ2v) is 5.31. The van der Waals surface area contributed by atoms with Gasteiger partial charge in [0, 0.05) is 12.6 Å². The van der Waals surface area contributed by atoms with Gasteiger partial charge < -0.3 is 14.8 Å². The minimum absolute atomic E-state index is 0.106. The standard InChI is InChI=1S/C15H21NO2/c1-3-17-14-7-12(6-4-5-11(14)2)15-8-13(9-18-15)16-10-15/h5-7,13,16H,3-4,8-10H2,1-2H3. The predicted molar refractivity (Wildman–Crippen MR) is 71.3 cm³/mol. The highest BCUT2D eigenvalue weighted by Gasteiger charge is 2.48. The molecule has 0 aromatic heterocycles. The van der Waals surface area contributed by atoms with Crippen LogP contribution in [0.25, 0.3) is 0 Å². The number of ether oxygens (including phenoxy) is 2. The van der Waals surface area contributed by atoms with E-state index in [-0.39, 0.29) is 5.60 Å². The molecule has 0 aromatic carbocycles. The van der Waals surface area contributed by atoms with Crippen LogP contribution in [0.3, 0.4) is 0 Å². The first-order valence-electron chi connectivity index (χ1n) is 6.83. The van der Waals surface area contributed by atoms with Crippen LogP contribution in [0.4, 0.5) is 0 Å². The van der Waals surface area contributed by atoms with Gasteiger partial charge in [-0.15, -0.1) is 0 Å². The Hall–Kier alpha value is -1.06. The van der Waals surface area contributed by atoms with Crippen molar-refractivity contribution >= 4 is 0 Å². The lowest BCUT2D eigenvalue weighted by molar-refractivity contribution is 0.0245. The number of nitrogens with one attached hydrogen (secondary N) is 1. The Morgan fingerprint density at radius 3 is 3.00 bits per heavy atom. The van der Waals surface area contributed by atoms with E-state index in [0.29, 0.717) is 12.6 Å². The molecule has 2 unspecified atom stereocenters. The van der Waals surface area contributed by atoms with Crippen molar-refractivity contribution in [3.8, 4) is 0 Å². The van der Waals surface area contributed by atoms with Gasteiger partial charge in [-0.1, -0.05) is 12.2 Å². The average molecular weight is 247 g/mol. The van der Waals surface area contributed by atoms with Crippen molar-refractivity contribution in [3.63, 3.8) is 0 Å². The van der Waals surface area contributed by atoms with Gasteiger partial charge >= 0.3 is 0 Å². The second kappa shape index (κ2) is 4.56. The predicted octanol–water partition coefficient (Wildman–Crippen LogP) is 2.31. The minimum Gasteiger partial charge on any atom is -0.494 e. The first kappa shape index (κ1) is 12.0. The number of hydrogen-bond donors (Lipinski definition) is 1. The summed E-state index contributed by atoms with van der Waals surface area (Å²) >= 11 is 0. The third-order valence-electron chi connectivity index (χ3n) is 4.08. The van der Waals surface area contributed by atoms with Crippen molar-refractivity contribution in [2.24, 2.45) is 0 Å². The molecule has 0 aromatic rings. The van der Waals surface area contributed by atoms with Gasteiger partial charge in [0.25, 0.3) is 0 Å². The van der Waals surface area contributed by atoms with E-state index in [1.165, 1.54) is 11.1 Å². The van der Waals surface area contributed by atoms with Crippen molar-refractivity contribution in [1.29, 1.82) is 0 Å². The Kier molecular flexibility index (Phi) is 3.04. The number of fused-ring (bicyclic) bond motifs is 2. The molecule has 1 aliphatic carbocycles. The molecule has 2 bridgehead atoms. The normalized spacial score (nSPS) is 34.8. The van der Waals surface area contributed by atoms with E-state index < -0.39 is 0 Å². The molecule has 2 aliphatic heterocycles. The van der Waals surface area contributed by atoms with E-state index in [4.69, 9.17) is 9.47 Å². The van der Waals surface area contributed by atoms with Crippen LogP contribution in [0.2, 0.25) is 0 Å². The molecule has 3 nitrogen and oxygen atoms in total. The van der Waals surface area contributed by atoms with Crippen LogP contribution in [0, 0.1) is 0 Å². The first-order valence-corrected chi connectivity index (χ1v) is 6.83. The van der Waals surface area contributed by atoms with Crippen LogP contribution in [0.5, 0.6) is 0 Å². The highest BCUT2D eigenvalue weighted by molar-refractivity contribution is 5.42. The number of morpholine rings is 1. The Balaban J connectivity index is 1.90. The summed E-state index contributed by atoms with van der Waals surface area (Å²) < 4.78 is 11.8. The van der Waals surface area contributed by atoms with E-state index >= 15 is 0 Å². The second-order valence-electron chi connectivity index (χ2n) is 5.31. The summed E-state index contributed by atoms with van der Waals surface area (Å²) in [6, 6.07) is 0.534. The number of allylic oxidation sites excluding steroid dienone is 3. The third kappa shape index (κ3) is 1.91. The summed E-state index contributed by atoms with van der Waals surface area (Å²) in [6.45, 7) is 6.61. The lowest BCUT2D eigenvalue weighted by Crippen LogP contribution is -2.40.